The van der Waals surface area contributed by atoms with Crippen molar-refractivity contribution < 1.29 is 5.11 Å². The predicted octanol–water partition coefficient (Wildman–Crippen LogP) is 4.66. The Hall–Kier alpha value is -2.26. The van der Waals surface area contributed by atoms with Crippen molar-refractivity contribution in [1.29, 1.82) is 0 Å². The topological polar surface area (TPSA) is 19.9 Å². The SMILES string of the molecule is CC1(C)CCC([O])=C[CH]1[Ge]([c]1ccccc1)([c]1ccccc1)[c]1ccccc1. The van der Waals surface area contributed by atoms with Gasteiger partial charge in [0.1, 0.15) is 0 Å². The van der Waals surface area contributed by atoms with Crippen LogP contribution in [0.15, 0.2) is 103 Å². The van der Waals surface area contributed by atoms with Crippen molar-refractivity contribution in [3.05, 3.63) is 103 Å². The summed E-state index contributed by atoms with van der Waals surface area (Å²) in [5.41, 5.74) is 0.0788. The summed E-state index contributed by atoms with van der Waals surface area (Å²) in [5, 5.41) is 12.7. The summed E-state index contributed by atoms with van der Waals surface area (Å²) in [6.07, 6.45) is 3.71. The molecule has 3 aromatic rings. The summed E-state index contributed by atoms with van der Waals surface area (Å²) in [7, 11) is 0. The zero-order valence-electron chi connectivity index (χ0n) is 16.6. The van der Waals surface area contributed by atoms with Gasteiger partial charge in [0, 0.05) is 0 Å². The first-order chi connectivity index (χ1) is 13.5. The molecular formula is C26H27GeO. The zero-order chi connectivity index (χ0) is 19.6. The van der Waals surface area contributed by atoms with Crippen LogP contribution in [0.2, 0.25) is 4.75 Å². The molecule has 0 spiro atoms. The van der Waals surface area contributed by atoms with Crippen LogP contribution >= 0.6 is 0 Å². The van der Waals surface area contributed by atoms with Crippen LogP contribution in [0, 0.1) is 5.41 Å². The van der Waals surface area contributed by atoms with Gasteiger partial charge in [-0.25, -0.2) is 0 Å². The van der Waals surface area contributed by atoms with Crippen molar-refractivity contribution in [2.24, 2.45) is 5.41 Å². The van der Waals surface area contributed by atoms with Gasteiger partial charge in [0.15, 0.2) is 0 Å². The Balaban J connectivity index is 2.12. The molecule has 1 nitrogen and oxygen atoms in total. The molecule has 0 saturated carbocycles. The Labute approximate surface area is 171 Å². The molecule has 2 heteroatoms. The molecule has 3 aromatic carbocycles. The Morgan fingerprint density at radius 1 is 0.714 bits per heavy atom. The molecule has 0 fully saturated rings. The van der Waals surface area contributed by atoms with Gasteiger partial charge in [-0.05, 0) is 0 Å². The number of hydrogen-bond acceptors (Lipinski definition) is 0. The van der Waals surface area contributed by atoms with E-state index in [1.807, 2.05) is 0 Å². The molecule has 28 heavy (non-hydrogen) atoms. The Bertz CT molecular complexity index is 849. The van der Waals surface area contributed by atoms with Crippen LogP contribution in [0.25, 0.3) is 0 Å². The number of rotatable bonds is 4. The summed E-state index contributed by atoms with van der Waals surface area (Å²) >= 11 is -3.20. The molecule has 1 radical (unpaired) electrons. The molecule has 0 bridgehead atoms. The molecule has 4 rings (SSSR count). The summed E-state index contributed by atoms with van der Waals surface area (Å²) in [6, 6.07) is 32.9. The Morgan fingerprint density at radius 2 is 1.11 bits per heavy atom. The van der Waals surface area contributed by atoms with Crippen LogP contribution in [0.4, 0.5) is 0 Å². The predicted molar refractivity (Wildman–Crippen MR) is 120 cm³/mol. The second-order valence-corrected chi connectivity index (χ2v) is 16.8. The van der Waals surface area contributed by atoms with Crippen molar-refractivity contribution in [2.75, 3.05) is 0 Å². The van der Waals surface area contributed by atoms with Crippen LogP contribution in [0.5, 0.6) is 0 Å². The van der Waals surface area contributed by atoms with E-state index in [9.17, 15) is 5.11 Å². The summed E-state index contributed by atoms with van der Waals surface area (Å²) in [6.45, 7) is 4.71. The summed E-state index contributed by atoms with van der Waals surface area (Å²) in [5.74, 6) is 0.308. The molecule has 0 heterocycles. The van der Waals surface area contributed by atoms with Crippen LogP contribution in [-0.4, -0.2) is 13.3 Å². The second kappa shape index (κ2) is 7.63. The van der Waals surface area contributed by atoms with E-state index in [0.717, 1.165) is 6.42 Å². The third-order valence-corrected chi connectivity index (χ3v) is 18.1. The normalized spacial score (nSPS) is 19.1. The van der Waals surface area contributed by atoms with Gasteiger partial charge in [0.25, 0.3) is 0 Å². The van der Waals surface area contributed by atoms with Crippen LogP contribution in [-0.2, 0) is 5.11 Å². The second-order valence-electron chi connectivity index (χ2n) is 8.51. The third kappa shape index (κ3) is 3.22. The monoisotopic (exact) mass is 429 g/mol. The number of hydrogen-bond donors (Lipinski definition) is 0. The molecule has 0 aliphatic heterocycles. The van der Waals surface area contributed by atoms with E-state index in [2.05, 4.69) is 111 Å². The van der Waals surface area contributed by atoms with Crippen molar-refractivity contribution in [1.82, 2.24) is 0 Å². The fourth-order valence-electron chi connectivity index (χ4n) is 4.95. The zero-order valence-corrected chi connectivity index (χ0v) is 18.7. The van der Waals surface area contributed by atoms with E-state index < -0.39 is 13.3 Å². The molecule has 0 saturated heterocycles. The van der Waals surface area contributed by atoms with E-state index in [1.54, 1.807) is 0 Å². The molecule has 0 aromatic heterocycles. The van der Waals surface area contributed by atoms with Gasteiger partial charge < -0.3 is 0 Å². The molecule has 0 N–H and O–H groups in total. The van der Waals surface area contributed by atoms with Crippen LogP contribution < -0.4 is 13.2 Å². The quantitative estimate of drug-likeness (QED) is 0.539. The Kier molecular flexibility index (Phi) is 5.20. The van der Waals surface area contributed by atoms with Gasteiger partial charge in [0.2, 0.25) is 0 Å². The standard InChI is InChI=1S/C26H27GeO/c1-26(2)19-18-24(28)20-25(26)27(21-12-6-3-7-13-21,22-14-8-4-9-15-22)23-16-10-5-11-17-23/h3-17,20,25H,18-19H2,1-2H3. The molecular weight excluding hydrogens is 401 g/mol. The first-order valence-corrected chi connectivity index (χ1v) is 14.5. The third-order valence-electron chi connectivity index (χ3n) is 6.36. The average molecular weight is 428 g/mol. The van der Waals surface area contributed by atoms with Crippen molar-refractivity contribution in [3.63, 3.8) is 0 Å². The van der Waals surface area contributed by atoms with Gasteiger partial charge in [-0.1, -0.05) is 0 Å². The van der Waals surface area contributed by atoms with Crippen molar-refractivity contribution >= 4 is 26.5 Å². The van der Waals surface area contributed by atoms with Crippen molar-refractivity contribution in [3.8, 4) is 0 Å². The van der Waals surface area contributed by atoms with E-state index in [-0.39, 0.29) is 10.2 Å². The van der Waals surface area contributed by atoms with E-state index in [4.69, 9.17) is 0 Å². The van der Waals surface area contributed by atoms with Gasteiger partial charge in [-0.3, -0.25) is 0 Å². The average Bonchev–Trinajstić information content (AvgIpc) is 2.74. The fraction of sp³-hybridized carbons (Fsp3) is 0.231. The van der Waals surface area contributed by atoms with E-state index >= 15 is 0 Å². The number of allylic oxidation sites excluding steroid dienone is 2. The molecule has 0 amide bonds. The van der Waals surface area contributed by atoms with E-state index in [1.165, 1.54) is 13.2 Å². The van der Waals surface area contributed by atoms with E-state index in [0.29, 0.717) is 12.2 Å². The minimum absolute atomic E-state index is 0.0788. The molecule has 1 unspecified atom stereocenters. The van der Waals surface area contributed by atoms with Gasteiger partial charge in [-0.2, -0.15) is 0 Å². The molecule has 1 atom stereocenters. The summed E-state index contributed by atoms with van der Waals surface area (Å²) in [4.78, 5) is 0. The molecule has 1 aliphatic rings. The maximum absolute atomic E-state index is 12.7. The first-order valence-electron chi connectivity index (χ1n) is 10.1. The maximum atomic E-state index is 12.7. The van der Waals surface area contributed by atoms with Gasteiger partial charge in [-0.15, -0.1) is 0 Å². The van der Waals surface area contributed by atoms with Gasteiger partial charge in [0.05, 0.1) is 0 Å². The Morgan fingerprint density at radius 3 is 1.50 bits per heavy atom. The molecule has 1 aliphatic carbocycles. The van der Waals surface area contributed by atoms with Crippen LogP contribution in [0.1, 0.15) is 26.7 Å². The minimum atomic E-state index is -3.20. The number of benzene rings is 3. The molecule has 141 valence electrons. The summed E-state index contributed by atoms with van der Waals surface area (Å²) < 4.78 is 4.51. The first kappa shape index (κ1) is 19.1. The fourth-order valence-corrected chi connectivity index (χ4v) is 17.5. The van der Waals surface area contributed by atoms with Crippen molar-refractivity contribution in [2.45, 2.75) is 31.4 Å². The van der Waals surface area contributed by atoms with Gasteiger partial charge >= 0.3 is 171 Å². The van der Waals surface area contributed by atoms with Crippen LogP contribution in [0.3, 0.4) is 0 Å².